The van der Waals surface area contributed by atoms with Crippen molar-refractivity contribution in [1.29, 1.82) is 0 Å². The molecule has 0 amide bonds. The number of hydrogen-bond donors (Lipinski definition) is 1. The van der Waals surface area contributed by atoms with E-state index in [1.807, 2.05) is 60.8 Å². The number of pyridine rings is 2. The smallest absolute Gasteiger partial charge is 0.170 e. The average molecular weight is 480 g/mol. The maximum Gasteiger partial charge on any atom is 0.170 e. The van der Waals surface area contributed by atoms with E-state index >= 15 is 0 Å². The van der Waals surface area contributed by atoms with E-state index in [-0.39, 0.29) is 12.1 Å². The number of nitrogens with zero attached hydrogens (tertiary/aromatic N) is 4. The lowest BCUT2D eigenvalue weighted by atomic mass is 10.0. The summed E-state index contributed by atoms with van der Waals surface area (Å²) in [6.45, 7) is 0.570. The van der Waals surface area contributed by atoms with Gasteiger partial charge in [0.15, 0.2) is 5.11 Å². The lowest BCUT2D eigenvalue weighted by Gasteiger charge is -2.29. The highest BCUT2D eigenvalue weighted by atomic mass is 35.5. The molecule has 4 aromatic rings. The Morgan fingerprint density at radius 2 is 1.75 bits per heavy atom. The molecule has 0 radical (unpaired) electrons. The molecular formula is C24H19Cl2N5S. The molecule has 1 N–H and O–H groups in total. The molecule has 0 bridgehead atoms. The monoisotopic (exact) mass is 479 g/mol. The van der Waals surface area contributed by atoms with E-state index < -0.39 is 0 Å². The molecule has 3 aromatic heterocycles. The zero-order valence-electron chi connectivity index (χ0n) is 16.9. The Labute approximate surface area is 201 Å². The quantitative estimate of drug-likeness (QED) is 0.369. The third-order valence-electron chi connectivity index (χ3n) is 5.51. The van der Waals surface area contributed by atoms with E-state index in [9.17, 15) is 0 Å². The molecule has 5 rings (SSSR count). The normalized spacial score (nSPS) is 18.1. The first-order valence-corrected chi connectivity index (χ1v) is 11.3. The van der Waals surface area contributed by atoms with Crippen LogP contribution in [0.25, 0.3) is 5.69 Å². The zero-order valence-corrected chi connectivity index (χ0v) is 19.2. The summed E-state index contributed by atoms with van der Waals surface area (Å²) >= 11 is 18.5. The van der Waals surface area contributed by atoms with Gasteiger partial charge in [-0.15, -0.1) is 0 Å². The van der Waals surface area contributed by atoms with Gasteiger partial charge in [0.1, 0.15) is 0 Å². The molecule has 2 atom stereocenters. The molecule has 1 aromatic carbocycles. The highest BCUT2D eigenvalue weighted by Crippen LogP contribution is 2.41. The maximum absolute atomic E-state index is 6.57. The predicted molar refractivity (Wildman–Crippen MR) is 131 cm³/mol. The molecule has 1 aliphatic rings. The van der Waals surface area contributed by atoms with Gasteiger partial charge in [0.05, 0.1) is 40.7 Å². The SMILES string of the molecule is S=C1N[C@@H](c2ccccn2)[C@@H](c2cccn2-c2ccc(Cl)cc2Cl)N1Cc1ccccn1. The van der Waals surface area contributed by atoms with E-state index in [0.717, 1.165) is 22.8 Å². The van der Waals surface area contributed by atoms with E-state index in [4.69, 9.17) is 35.4 Å². The van der Waals surface area contributed by atoms with Crippen LogP contribution in [-0.2, 0) is 6.54 Å². The summed E-state index contributed by atoms with van der Waals surface area (Å²) in [5, 5.41) is 5.31. The van der Waals surface area contributed by atoms with Crippen LogP contribution in [0.5, 0.6) is 0 Å². The molecule has 0 aliphatic carbocycles. The largest absolute Gasteiger partial charge is 0.352 e. The number of benzene rings is 1. The second-order valence-electron chi connectivity index (χ2n) is 7.47. The molecule has 32 heavy (non-hydrogen) atoms. The molecular weight excluding hydrogens is 461 g/mol. The van der Waals surface area contributed by atoms with Crippen molar-refractivity contribution in [1.82, 2.24) is 24.8 Å². The van der Waals surface area contributed by atoms with Crippen LogP contribution in [0.15, 0.2) is 85.3 Å². The average Bonchev–Trinajstić information content (AvgIpc) is 3.40. The molecule has 0 saturated carbocycles. The molecule has 1 fully saturated rings. The highest BCUT2D eigenvalue weighted by molar-refractivity contribution is 7.80. The van der Waals surface area contributed by atoms with Gasteiger partial charge in [-0.2, -0.15) is 0 Å². The first kappa shape index (κ1) is 20.9. The van der Waals surface area contributed by atoms with Gasteiger partial charge >= 0.3 is 0 Å². The van der Waals surface area contributed by atoms with Crippen LogP contribution in [0.2, 0.25) is 10.0 Å². The molecule has 1 saturated heterocycles. The van der Waals surface area contributed by atoms with Crippen molar-refractivity contribution < 1.29 is 0 Å². The summed E-state index contributed by atoms with van der Waals surface area (Å²) < 4.78 is 2.08. The van der Waals surface area contributed by atoms with Crippen molar-refractivity contribution in [3.05, 3.63) is 112 Å². The Hall–Kier alpha value is -2.93. The second-order valence-corrected chi connectivity index (χ2v) is 8.70. The van der Waals surface area contributed by atoms with Crippen molar-refractivity contribution in [2.75, 3.05) is 0 Å². The van der Waals surface area contributed by atoms with Gasteiger partial charge in [0.25, 0.3) is 0 Å². The first-order valence-electron chi connectivity index (χ1n) is 10.1. The fraction of sp³-hybridized carbons (Fsp3) is 0.125. The van der Waals surface area contributed by atoms with Crippen LogP contribution >= 0.6 is 35.4 Å². The van der Waals surface area contributed by atoms with E-state index in [1.165, 1.54) is 0 Å². The predicted octanol–water partition coefficient (Wildman–Crippen LogP) is 5.75. The van der Waals surface area contributed by atoms with Gasteiger partial charge in [-0.05, 0) is 66.8 Å². The van der Waals surface area contributed by atoms with Gasteiger partial charge in [-0.25, -0.2) is 0 Å². The topological polar surface area (TPSA) is 46.0 Å². The number of hydrogen-bond acceptors (Lipinski definition) is 3. The number of nitrogens with one attached hydrogen (secondary N) is 1. The minimum Gasteiger partial charge on any atom is -0.352 e. The lowest BCUT2D eigenvalue weighted by molar-refractivity contribution is 0.299. The van der Waals surface area contributed by atoms with Crippen LogP contribution in [-0.4, -0.2) is 24.5 Å². The van der Waals surface area contributed by atoms with Crippen molar-refractivity contribution in [2.24, 2.45) is 0 Å². The van der Waals surface area contributed by atoms with Crippen molar-refractivity contribution in [3.63, 3.8) is 0 Å². The van der Waals surface area contributed by atoms with Crippen LogP contribution in [0.3, 0.4) is 0 Å². The second kappa shape index (κ2) is 8.90. The minimum absolute atomic E-state index is 0.124. The standard InChI is InChI=1S/C24H19Cl2N5S/c25-16-9-10-20(18(26)14-16)30-13-5-8-21(30)23-22(19-7-2-4-12-28-19)29-24(32)31(23)15-17-6-1-3-11-27-17/h1-14,22-23H,15H2,(H,29,32)/t22-,23+/m0/s1. The molecule has 0 unspecified atom stereocenters. The van der Waals surface area contributed by atoms with Crippen LogP contribution in [0.1, 0.15) is 29.2 Å². The number of rotatable bonds is 5. The Kier molecular flexibility index (Phi) is 5.83. The molecule has 0 spiro atoms. The van der Waals surface area contributed by atoms with Crippen LogP contribution in [0.4, 0.5) is 0 Å². The van der Waals surface area contributed by atoms with E-state index in [0.29, 0.717) is 21.7 Å². The molecule has 160 valence electrons. The molecule has 8 heteroatoms. The Morgan fingerprint density at radius 3 is 2.47 bits per heavy atom. The van der Waals surface area contributed by atoms with Gasteiger partial charge in [-0.3, -0.25) is 9.97 Å². The number of aromatic nitrogens is 3. The summed E-state index contributed by atoms with van der Waals surface area (Å²) in [7, 11) is 0. The molecule has 1 aliphatic heterocycles. The Morgan fingerprint density at radius 1 is 0.938 bits per heavy atom. The third-order valence-corrected chi connectivity index (χ3v) is 6.40. The van der Waals surface area contributed by atoms with Crippen LogP contribution in [0, 0.1) is 0 Å². The molecule has 5 nitrogen and oxygen atoms in total. The molecule has 4 heterocycles. The third kappa shape index (κ3) is 3.97. The minimum atomic E-state index is -0.132. The fourth-order valence-electron chi connectivity index (χ4n) is 4.09. The van der Waals surface area contributed by atoms with Gasteiger partial charge in [-0.1, -0.05) is 35.3 Å². The number of halogens is 2. The van der Waals surface area contributed by atoms with Gasteiger partial charge in [0, 0.05) is 29.3 Å². The van der Waals surface area contributed by atoms with Crippen molar-refractivity contribution in [3.8, 4) is 5.69 Å². The summed E-state index contributed by atoms with van der Waals surface area (Å²) in [5.41, 5.74) is 3.74. The fourth-order valence-corrected chi connectivity index (χ4v) is 4.90. The van der Waals surface area contributed by atoms with Gasteiger partial charge < -0.3 is 14.8 Å². The number of thiocarbonyl (C=S) groups is 1. The van der Waals surface area contributed by atoms with Crippen LogP contribution < -0.4 is 5.32 Å². The highest BCUT2D eigenvalue weighted by Gasteiger charge is 2.41. The Balaban J connectivity index is 1.62. The lowest BCUT2D eigenvalue weighted by Crippen LogP contribution is -2.30. The Bertz CT molecular complexity index is 1250. The summed E-state index contributed by atoms with van der Waals surface area (Å²) in [5.74, 6) is 0. The summed E-state index contributed by atoms with van der Waals surface area (Å²) in [6, 6.07) is 21.2. The van der Waals surface area contributed by atoms with E-state index in [1.54, 1.807) is 18.5 Å². The summed E-state index contributed by atoms with van der Waals surface area (Å²) in [4.78, 5) is 11.3. The van der Waals surface area contributed by atoms with Crippen molar-refractivity contribution in [2.45, 2.75) is 18.6 Å². The zero-order chi connectivity index (χ0) is 22.1. The van der Waals surface area contributed by atoms with E-state index in [2.05, 4.69) is 30.8 Å². The summed E-state index contributed by atoms with van der Waals surface area (Å²) in [6.07, 6.45) is 5.59. The van der Waals surface area contributed by atoms with Gasteiger partial charge in [0.2, 0.25) is 0 Å². The van der Waals surface area contributed by atoms with Crippen molar-refractivity contribution >= 4 is 40.5 Å². The first-order chi connectivity index (χ1) is 15.6. The maximum atomic E-state index is 6.57.